The molecule has 1 amide bonds. The van der Waals surface area contributed by atoms with E-state index in [9.17, 15) is 13.2 Å². The SMILES string of the molecule is COc1ccc(C(=O)NCc2ccc(Br)s2)cc1S(=O)(=O)NC(C)(C)C. The average molecular weight is 461 g/mol. The van der Waals surface area contributed by atoms with Crippen LogP contribution in [0.1, 0.15) is 36.0 Å². The van der Waals surface area contributed by atoms with E-state index in [-0.39, 0.29) is 22.1 Å². The van der Waals surface area contributed by atoms with Crippen LogP contribution in [0.25, 0.3) is 0 Å². The maximum Gasteiger partial charge on any atom is 0.251 e. The molecule has 0 saturated heterocycles. The molecule has 0 atom stereocenters. The largest absolute Gasteiger partial charge is 0.495 e. The van der Waals surface area contributed by atoms with E-state index in [1.54, 1.807) is 20.8 Å². The first kappa shape index (κ1) is 20.9. The van der Waals surface area contributed by atoms with Gasteiger partial charge in [0, 0.05) is 16.0 Å². The van der Waals surface area contributed by atoms with Crippen LogP contribution in [0.5, 0.6) is 5.75 Å². The second-order valence-corrected chi connectivity index (χ2v) is 10.8. The molecular weight excluding hydrogens is 440 g/mol. The van der Waals surface area contributed by atoms with Gasteiger partial charge in [0.05, 0.1) is 17.4 Å². The van der Waals surface area contributed by atoms with Crippen molar-refractivity contribution in [1.82, 2.24) is 10.0 Å². The summed E-state index contributed by atoms with van der Waals surface area (Å²) in [6, 6.07) is 8.16. The molecular formula is C17H21BrN2O4S2. The van der Waals surface area contributed by atoms with Crippen LogP contribution in [0, 0.1) is 0 Å². The second kappa shape index (κ2) is 8.08. The average Bonchev–Trinajstić information content (AvgIpc) is 2.95. The van der Waals surface area contributed by atoms with Crippen molar-refractivity contribution in [1.29, 1.82) is 0 Å². The van der Waals surface area contributed by atoms with Gasteiger partial charge in [-0.2, -0.15) is 0 Å². The van der Waals surface area contributed by atoms with Gasteiger partial charge in [0.15, 0.2) is 0 Å². The van der Waals surface area contributed by atoms with Gasteiger partial charge in [-0.15, -0.1) is 11.3 Å². The second-order valence-electron chi connectivity index (χ2n) is 6.61. The lowest BCUT2D eigenvalue weighted by molar-refractivity contribution is 0.0951. The van der Waals surface area contributed by atoms with E-state index < -0.39 is 15.6 Å². The van der Waals surface area contributed by atoms with Crippen LogP contribution in [0.2, 0.25) is 0 Å². The normalized spacial score (nSPS) is 12.0. The number of thiophene rings is 1. The molecule has 0 aliphatic rings. The van der Waals surface area contributed by atoms with Gasteiger partial charge in [-0.1, -0.05) is 0 Å². The van der Waals surface area contributed by atoms with Crippen molar-refractivity contribution in [2.45, 2.75) is 37.8 Å². The van der Waals surface area contributed by atoms with Crippen LogP contribution >= 0.6 is 27.3 Å². The van der Waals surface area contributed by atoms with Crippen LogP contribution < -0.4 is 14.8 Å². The van der Waals surface area contributed by atoms with Crippen LogP contribution in [0.15, 0.2) is 39.0 Å². The first-order valence-corrected chi connectivity index (χ1v) is 10.9. The highest BCUT2D eigenvalue weighted by molar-refractivity contribution is 9.11. The molecule has 2 rings (SSSR count). The number of carbonyl (C=O) groups is 1. The molecule has 1 aromatic heterocycles. The molecule has 0 spiro atoms. The zero-order valence-electron chi connectivity index (χ0n) is 14.9. The molecule has 0 fully saturated rings. The van der Waals surface area contributed by atoms with E-state index in [4.69, 9.17) is 4.74 Å². The maximum atomic E-state index is 12.7. The molecule has 26 heavy (non-hydrogen) atoms. The Bertz CT molecular complexity index is 902. The number of hydrogen-bond acceptors (Lipinski definition) is 5. The van der Waals surface area contributed by atoms with Crippen molar-refractivity contribution in [2.75, 3.05) is 7.11 Å². The van der Waals surface area contributed by atoms with Crippen LogP contribution in [0.4, 0.5) is 0 Å². The lowest BCUT2D eigenvalue weighted by atomic mass is 10.1. The van der Waals surface area contributed by atoms with Gasteiger partial charge < -0.3 is 10.1 Å². The van der Waals surface area contributed by atoms with E-state index in [1.807, 2.05) is 12.1 Å². The number of sulfonamides is 1. The summed E-state index contributed by atoms with van der Waals surface area (Å²) in [6.07, 6.45) is 0. The molecule has 2 aromatic rings. The van der Waals surface area contributed by atoms with E-state index in [0.29, 0.717) is 6.54 Å². The zero-order chi connectivity index (χ0) is 19.5. The highest BCUT2D eigenvalue weighted by atomic mass is 79.9. The number of rotatable bonds is 6. The Morgan fingerprint density at radius 2 is 1.92 bits per heavy atom. The monoisotopic (exact) mass is 460 g/mol. The minimum atomic E-state index is -3.84. The van der Waals surface area contributed by atoms with Crippen molar-refractivity contribution < 1.29 is 17.9 Å². The van der Waals surface area contributed by atoms with Crippen LogP contribution in [0.3, 0.4) is 0 Å². The molecule has 0 radical (unpaired) electrons. The summed E-state index contributed by atoms with van der Waals surface area (Å²) in [5.41, 5.74) is -0.412. The summed E-state index contributed by atoms with van der Waals surface area (Å²) < 4.78 is 34.0. The molecule has 0 saturated carbocycles. The van der Waals surface area contributed by atoms with E-state index in [0.717, 1.165) is 8.66 Å². The van der Waals surface area contributed by atoms with E-state index >= 15 is 0 Å². The molecule has 2 N–H and O–H groups in total. The fourth-order valence-electron chi connectivity index (χ4n) is 2.20. The quantitative estimate of drug-likeness (QED) is 0.690. The summed E-state index contributed by atoms with van der Waals surface area (Å²) in [6.45, 7) is 5.59. The van der Waals surface area contributed by atoms with Crippen molar-refractivity contribution >= 4 is 43.2 Å². The fourth-order valence-corrected chi connectivity index (χ4v) is 5.24. The van der Waals surface area contributed by atoms with Gasteiger partial charge in [-0.25, -0.2) is 13.1 Å². The highest BCUT2D eigenvalue weighted by Crippen LogP contribution is 2.26. The number of nitrogens with one attached hydrogen (secondary N) is 2. The van der Waals surface area contributed by atoms with Gasteiger partial charge in [0.1, 0.15) is 10.6 Å². The van der Waals surface area contributed by atoms with Crippen LogP contribution in [-0.2, 0) is 16.6 Å². The summed E-state index contributed by atoms with van der Waals surface area (Å²) in [5.74, 6) is -0.176. The Morgan fingerprint density at radius 3 is 2.46 bits per heavy atom. The van der Waals surface area contributed by atoms with Crippen LogP contribution in [-0.4, -0.2) is 27.0 Å². The van der Waals surface area contributed by atoms with Gasteiger partial charge >= 0.3 is 0 Å². The fraction of sp³-hybridized carbons (Fsp3) is 0.353. The van der Waals surface area contributed by atoms with Crippen molar-refractivity contribution in [2.24, 2.45) is 0 Å². The number of hydrogen-bond donors (Lipinski definition) is 2. The maximum absolute atomic E-state index is 12.7. The lowest BCUT2D eigenvalue weighted by Gasteiger charge is -2.21. The molecule has 0 unspecified atom stereocenters. The predicted octanol–water partition coefficient (Wildman–Crippen LogP) is 3.53. The van der Waals surface area contributed by atoms with Crippen molar-refractivity contribution in [3.05, 3.63) is 44.6 Å². The number of ether oxygens (including phenoxy) is 1. The first-order valence-electron chi connectivity index (χ1n) is 7.76. The third-order valence-electron chi connectivity index (χ3n) is 3.21. The minimum absolute atomic E-state index is 0.0681. The number of carbonyl (C=O) groups excluding carboxylic acids is 1. The summed E-state index contributed by atoms with van der Waals surface area (Å²) in [5, 5.41) is 2.79. The molecule has 6 nitrogen and oxygen atoms in total. The van der Waals surface area contributed by atoms with Gasteiger partial charge in [0.2, 0.25) is 10.0 Å². The highest BCUT2D eigenvalue weighted by Gasteiger charge is 2.26. The molecule has 9 heteroatoms. The number of halogens is 1. The Hall–Kier alpha value is -1.42. The number of benzene rings is 1. The standard InChI is InChI=1S/C17H21BrN2O4S2/c1-17(2,3)20-26(22,23)14-9-11(5-7-13(14)24-4)16(21)19-10-12-6-8-15(18)25-12/h5-9,20H,10H2,1-4H3,(H,19,21). The van der Waals surface area contributed by atoms with E-state index in [1.165, 1.54) is 36.6 Å². The van der Waals surface area contributed by atoms with Gasteiger partial charge in [-0.3, -0.25) is 4.79 Å². The molecule has 1 heterocycles. The Morgan fingerprint density at radius 1 is 1.23 bits per heavy atom. The minimum Gasteiger partial charge on any atom is -0.495 e. The third-order valence-corrected chi connectivity index (χ3v) is 6.61. The summed E-state index contributed by atoms with van der Waals surface area (Å²) >= 11 is 4.89. The molecule has 0 bridgehead atoms. The molecule has 142 valence electrons. The van der Waals surface area contributed by atoms with Crippen molar-refractivity contribution in [3.63, 3.8) is 0 Å². The smallest absolute Gasteiger partial charge is 0.251 e. The molecule has 0 aliphatic carbocycles. The Labute approximate surface area is 166 Å². The van der Waals surface area contributed by atoms with Gasteiger partial charge in [0.25, 0.3) is 5.91 Å². The number of amides is 1. The third kappa shape index (κ3) is 5.54. The summed E-state index contributed by atoms with van der Waals surface area (Å²) in [7, 11) is -2.45. The summed E-state index contributed by atoms with van der Waals surface area (Å²) in [4.78, 5) is 13.3. The topological polar surface area (TPSA) is 84.5 Å². The molecule has 1 aromatic carbocycles. The van der Waals surface area contributed by atoms with Crippen molar-refractivity contribution in [3.8, 4) is 5.75 Å². The first-order chi connectivity index (χ1) is 12.0. The van der Waals surface area contributed by atoms with Gasteiger partial charge in [-0.05, 0) is 67.0 Å². The Balaban J connectivity index is 2.26. The predicted molar refractivity (Wildman–Crippen MR) is 106 cm³/mol. The number of methoxy groups -OCH3 is 1. The lowest BCUT2D eigenvalue weighted by Crippen LogP contribution is -2.40. The zero-order valence-corrected chi connectivity index (χ0v) is 18.1. The Kier molecular flexibility index (Phi) is 6.49. The molecule has 0 aliphatic heterocycles. The van der Waals surface area contributed by atoms with E-state index in [2.05, 4.69) is 26.0 Å².